The first-order valence-corrected chi connectivity index (χ1v) is 6.56. The fraction of sp³-hybridized carbons (Fsp3) is 0.235. The molecule has 0 saturated heterocycles. The molecule has 1 N–H and O–H groups in total. The van der Waals surface area contributed by atoms with E-state index in [1.54, 1.807) is 7.11 Å². The number of aliphatic hydroxyl groups excluding tert-OH is 1. The van der Waals surface area contributed by atoms with Crippen molar-refractivity contribution in [2.24, 2.45) is 0 Å². The lowest BCUT2D eigenvalue weighted by Crippen LogP contribution is -2.09. The monoisotopic (exact) mass is 270 g/mol. The van der Waals surface area contributed by atoms with Crippen LogP contribution in [0.3, 0.4) is 0 Å². The van der Waals surface area contributed by atoms with Crippen LogP contribution in [0.25, 0.3) is 0 Å². The van der Waals surface area contributed by atoms with E-state index in [0.717, 1.165) is 22.4 Å². The number of carbonyl (C=O) groups excluding carboxylic acids is 1. The highest BCUT2D eigenvalue weighted by atomic mass is 16.5. The number of hydrogen-bond donors (Lipinski definition) is 1. The van der Waals surface area contributed by atoms with Crippen LogP contribution < -0.4 is 4.74 Å². The van der Waals surface area contributed by atoms with Gasteiger partial charge in [-0.1, -0.05) is 42.5 Å². The van der Waals surface area contributed by atoms with E-state index in [1.807, 2.05) is 48.5 Å². The normalized spacial score (nSPS) is 10.3. The molecule has 0 aliphatic carbocycles. The fourth-order valence-corrected chi connectivity index (χ4v) is 2.22. The van der Waals surface area contributed by atoms with Crippen molar-refractivity contribution >= 4 is 5.78 Å². The van der Waals surface area contributed by atoms with Crippen LogP contribution in [0.15, 0.2) is 48.5 Å². The zero-order valence-corrected chi connectivity index (χ0v) is 11.5. The van der Waals surface area contributed by atoms with Crippen molar-refractivity contribution in [3.63, 3.8) is 0 Å². The van der Waals surface area contributed by atoms with Gasteiger partial charge in [-0.3, -0.25) is 4.79 Å². The van der Waals surface area contributed by atoms with Gasteiger partial charge in [-0.25, -0.2) is 0 Å². The van der Waals surface area contributed by atoms with E-state index >= 15 is 0 Å². The van der Waals surface area contributed by atoms with Crippen molar-refractivity contribution in [1.29, 1.82) is 0 Å². The van der Waals surface area contributed by atoms with E-state index in [2.05, 4.69) is 0 Å². The minimum atomic E-state index is -0.0435. The van der Waals surface area contributed by atoms with Gasteiger partial charge in [0.1, 0.15) is 11.5 Å². The largest absolute Gasteiger partial charge is 0.496 e. The molecule has 0 aliphatic heterocycles. The molecule has 0 heterocycles. The summed E-state index contributed by atoms with van der Waals surface area (Å²) >= 11 is 0. The number of carbonyl (C=O) groups is 1. The third-order valence-corrected chi connectivity index (χ3v) is 3.26. The molecule has 2 rings (SSSR count). The molecule has 20 heavy (non-hydrogen) atoms. The summed E-state index contributed by atoms with van der Waals surface area (Å²) in [6.45, 7) is -0.0435. The highest BCUT2D eigenvalue weighted by Crippen LogP contribution is 2.19. The molecule has 0 bridgehead atoms. The Labute approximate surface area is 118 Å². The van der Waals surface area contributed by atoms with Gasteiger partial charge in [0.05, 0.1) is 13.7 Å². The number of ketones is 1. The SMILES string of the molecule is COc1ccccc1CC(=O)Cc1ccccc1CO. The standard InChI is InChI=1S/C17H18O3/c1-20-17-9-5-4-7-14(17)11-16(19)10-13-6-2-3-8-15(13)12-18/h2-9,18H,10-12H2,1H3. The van der Waals surface area contributed by atoms with Crippen molar-refractivity contribution in [3.05, 3.63) is 65.2 Å². The van der Waals surface area contributed by atoms with Crippen LogP contribution in [-0.4, -0.2) is 18.0 Å². The molecular weight excluding hydrogens is 252 g/mol. The molecule has 0 radical (unpaired) electrons. The first-order chi connectivity index (χ1) is 9.74. The van der Waals surface area contributed by atoms with Crippen LogP contribution in [0.5, 0.6) is 5.75 Å². The molecule has 0 amide bonds. The summed E-state index contributed by atoms with van der Waals surface area (Å²) < 4.78 is 5.25. The Kier molecular flexibility index (Phi) is 4.91. The molecular formula is C17H18O3. The zero-order chi connectivity index (χ0) is 14.4. The predicted molar refractivity (Wildman–Crippen MR) is 77.8 cm³/mol. The maximum Gasteiger partial charge on any atom is 0.141 e. The summed E-state index contributed by atoms with van der Waals surface area (Å²) in [7, 11) is 1.60. The smallest absolute Gasteiger partial charge is 0.141 e. The number of hydrogen-bond acceptors (Lipinski definition) is 3. The van der Waals surface area contributed by atoms with Gasteiger partial charge < -0.3 is 9.84 Å². The fourth-order valence-electron chi connectivity index (χ4n) is 2.22. The molecule has 0 saturated carbocycles. The van der Waals surface area contributed by atoms with Gasteiger partial charge in [0, 0.05) is 18.4 Å². The molecule has 0 aliphatic rings. The van der Waals surface area contributed by atoms with Gasteiger partial charge in [-0.2, -0.15) is 0 Å². The van der Waals surface area contributed by atoms with Crippen molar-refractivity contribution in [2.45, 2.75) is 19.4 Å². The van der Waals surface area contributed by atoms with Crippen molar-refractivity contribution in [1.82, 2.24) is 0 Å². The third kappa shape index (κ3) is 3.45. The first-order valence-electron chi connectivity index (χ1n) is 6.56. The lowest BCUT2D eigenvalue weighted by molar-refractivity contribution is -0.117. The lowest BCUT2D eigenvalue weighted by Gasteiger charge is -2.09. The van der Waals surface area contributed by atoms with Gasteiger partial charge >= 0.3 is 0 Å². The molecule has 0 spiro atoms. The molecule has 3 nitrogen and oxygen atoms in total. The van der Waals surface area contributed by atoms with Crippen LogP contribution in [0.1, 0.15) is 16.7 Å². The molecule has 0 aromatic heterocycles. The molecule has 3 heteroatoms. The molecule has 2 aromatic rings. The number of para-hydroxylation sites is 1. The number of rotatable bonds is 6. The number of methoxy groups -OCH3 is 1. The van der Waals surface area contributed by atoms with Gasteiger partial charge in [0.2, 0.25) is 0 Å². The Morgan fingerprint density at radius 2 is 1.50 bits per heavy atom. The Balaban J connectivity index is 2.09. The van der Waals surface area contributed by atoms with Crippen molar-refractivity contribution in [3.8, 4) is 5.75 Å². The predicted octanol–water partition coefficient (Wildman–Crippen LogP) is 2.54. The molecule has 0 fully saturated rings. The van der Waals surface area contributed by atoms with Crippen molar-refractivity contribution in [2.75, 3.05) is 7.11 Å². The van der Waals surface area contributed by atoms with E-state index in [-0.39, 0.29) is 12.4 Å². The average molecular weight is 270 g/mol. The van der Waals surface area contributed by atoms with Crippen molar-refractivity contribution < 1.29 is 14.6 Å². The first kappa shape index (κ1) is 14.3. The van der Waals surface area contributed by atoms with E-state index in [4.69, 9.17) is 4.74 Å². The van der Waals surface area contributed by atoms with Crippen LogP contribution in [0.4, 0.5) is 0 Å². The van der Waals surface area contributed by atoms with Crippen LogP contribution in [-0.2, 0) is 24.2 Å². The Hall–Kier alpha value is -2.13. The van der Waals surface area contributed by atoms with E-state index < -0.39 is 0 Å². The molecule has 104 valence electrons. The Morgan fingerprint density at radius 3 is 2.15 bits per heavy atom. The maximum atomic E-state index is 12.2. The van der Waals surface area contributed by atoms with E-state index in [1.165, 1.54) is 0 Å². The summed E-state index contributed by atoms with van der Waals surface area (Å²) in [6.07, 6.45) is 0.665. The van der Waals surface area contributed by atoms with E-state index in [9.17, 15) is 9.90 Å². The van der Waals surface area contributed by atoms with Crippen LogP contribution in [0.2, 0.25) is 0 Å². The van der Waals surface area contributed by atoms with Crippen LogP contribution >= 0.6 is 0 Å². The summed E-state index contributed by atoms with van der Waals surface area (Å²) in [5.41, 5.74) is 2.58. The summed E-state index contributed by atoms with van der Waals surface area (Å²) in [5.74, 6) is 0.840. The summed E-state index contributed by atoms with van der Waals surface area (Å²) in [6, 6.07) is 15.0. The van der Waals surface area contributed by atoms with Gasteiger partial charge in [-0.05, 0) is 17.2 Å². The Morgan fingerprint density at radius 1 is 0.950 bits per heavy atom. The highest BCUT2D eigenvalue weighted by molar-refractivity contribution is 5.84. The van der Waals surface area contributed by atoms with Crippen LogP contribution in [0, 0.1) is 0 Å². The molecule has 0 unspecified atom stereocenters. The number of aliphatic hydroxyl groups is 1. The third-order valence-electron chi connectivity index (χ3n) is 3.26. The quantitative estimate of drug-likeness (QED) is 0.877. The van der Waals surface area contributed by atoms with E-state index in [0.29, 0.717) is 12.8 Å². The van der Waals surface area contributed by atoms with Gasteiger partial charge in [0.15, 0.2) is 0 Å². The Bertz CT molecular complexity index is 539. The highest BCUT2D eigenvalue weighted by Gasteiger charge is 2.11. The number of ether oxygens (including phenoxy) is 1. The second kappa shape index (κ2) is 6.87. The molecule has 2 aromatic carbocycles. The molecule has 0 atom stereocenters. The average Bonchev–Trinajstić information content (AvgIpc) is 2.48. The summed E-state index contributed by atoms with van der Waals surface area (Å²) in [4.78, 5) is 12.2. The number of Topliss-reactive ketones (excluding diaryl/α,β-unsaturated/α-hetero) is 1. The topological polar surface area (TPSA) is 46.5 Å². The second-order valence-corrected chi connectivity index (χ2v) is 4.63. The zero-order valence-electron chi connectivity index (χ0n) is 11.5. The maximum absolute atomic E-state index is 12.2. The number of benzene rings is 2. The van der Waals surface area contributed by atoms with Gasteiger partial charge in [-0.15, -0.1) is 0 Å². The van der Waals surface area contributed by atoms with Gasteiger partial charge in [0.25, 0.3) is 0 Å². The second-order valence-electron chi connectivity index (χ2n) is 4.63. The minimum Gasteiger partial charge on any atom is -0.496 e. The minimum absolute atomic E-state index is 0.0435. The summed E-state index contributed by atoms with van der Waals surface area (Å²) in [5, 5.41) is 9.27. The lowest BCUT2D eigenvalue weighted by atomic mass is 9.99.